The summed E-state index contributed by atoms with van der Waals surface area (Å²) in [6, 6.07) is 0. The standard InChI is InChI=1S/C14H18O5/c1-9-3-2-4-11(16)14-12(19-14)7-5-10(15)6-8-13(17)18-9/h5-10,12,14-15H,2-4H2,1H3/b7-5-,8-6-. The Labute approximate surface area is 111 Å². The van der Waals surface area contributed by atoms with Crippen LogP contribution in [0.3, 0.4) is 0 Å². The smallest absolute Gasteiger partial charge is 0.330 e. The zero-order valence-corrected chi connectivity index (χ0v) is 10.8. The fraction of sp³-hybridized carbons (Fsp3) is 0.571. The maximum Gasteiger partial charge on any atom is 0.330 e. The number of epoxide rings is 1. The Morgan fingerprint density at radius 2 is 2.05 bits per heavy atom. The second-order valence-corrected chi connectivity index (χ2v) is 4.86. The molecule has 0 radical (unpaired) electrons. The van der Waals surface area contributed by atoms with E-state index in [2.05, 4.69) is 0 Å². The van der Waals surface area contributed by atoms with Gasteiger partial charge in [0, 0.05) is 12.5 Å². The summed E-state index contributed by atoms with van der Waals surface area (Å²) in [5, 5.41) is 9.58. The first-order valence-corrected chi connectivity index (χ1v) is 6.49. The third-order valence-corrected chi connectivity index (χ3v) is 3.12. The van der Waals surface area contributed by atoms with Crippen molar-refractivity contribution in [3.8, 4) is 0 Å². The van der Waals surface area contributed by atoms with Crippen molar-refractivity contribution >= 4 is 11.8 Å². The molecule has 0 spiro atoms. The van der Waals surface area contributed by atoms with Crippen molar-refractivity contribution in [3.05, 3.63) is 24.3 Å². The summed E-state index contributed by atoms with van der Waals surface area (Å²) in [7, 11) is 0. The monoisotopic (exact) mass is 266 g/mol. The van der Waals surface area contributed by atoms with E-state index in [0.717, 1.165) is 0 Å². The molecule has 19 heavy (non-hydrogen) atoms. The van der Waals surface area contributed by atoms with E-state index in [4.69, 9.17) is 9.47 Å². The lowest BCUT2D eigenvalue weighted by atomic mass is 10.1. The van der Waals surface area contributed by atoms with Crippen LogP contribution in [0.25, 0.3) is 0 Å². The highest BCUT2D eigenvalue weighted by molar-refractivity contribution is 5.86. The fourth-order valence-electron chi connectivity index (χ4n) is 2.00. The molecule has 1 saturated heterocycles. The maximum atomic E-state index is 11.7. The number of cyclic esters (lactones) is 1. The van der Waals surface area contributed by atoms with Crippen LogP contribution >= 0.6 is 0 Å². The Bertz CT molecular complexity index is 412. The molecule has 0 amide bonds. The molecule has 2 aliphatic rings. The topological polar surface area (TPSA) is 76.1 Å². The minimum Gasteiger partial charge on any atom is -0.460 e. The molecule has 2 aliphatic heterocycles. The quantitative estimate of drug-likeness (QED) is 0.401. The van der Waals surface area contributed by atoms with Crippen LogP contribution in [0.4, 0.5) is 0 Å². The number of esters is 1. The second-order valence-electron chi connectivity index (χ2n) is 4.86. The predicted molar refractivity (Wildman–Crippen MR) is 67.4 cm³/mol. The van der Waals surface area contributed by atoms with Gasteiger partial charge in [0.2, 0.25) is 0 Å². The summed E-state index contributed by atoms with van der Waals surface area (Å²) in [6.45, 7) is 1.79. The number of ether oxygens (including phenoxy) is 2. The summed E-state index contributed by atoms with van der Waals surface area (Å²) in [5.74, 6) is -0.417. The molecule has 5 heteroatoms. The number of ketones is 1. The molecule has 4 unspecified atom stereocenters. The van der Waals surface area contributed by atoms with Crippen LogP contribution in [-0.2, 0) is 19.1 Å². The van der Waals surface area contributed by atoms with Crippen LogP contribution in [-0.4, -0.2) is 41.3 Å². The zero-order chi connectivity index (χ0) is 13.8. The van der Waals surface area contributed by atoms with Crippen LogP contribution in [0, 0.1) is 0 Å². The van der Waals surface area contributed by atoms with Crippen LogP contribution in [0.1, 0.15) is 26.2 Å². The first-order valence-electron chi connectivity index (χ1n) is 6.49. The van der Waals surface area contributed by atoms with Gasteiger partial charge < -0.3 is 14.6 Å². The molecule has 0 aromatic heterocycles. The summed E-state index contributed by atoms with van der Waals surface area (Å²) in [4.78, 5) is 23.1. The van der Waals surface area contributed by atoms with Gasteiger partial charge in [-0.2, -0.15) is 0 Å². The molecule has 4 atom stereocenters. The Morgan fingerprint density at radius 1 is 1.26 bits per heavy atom. The first-order chi connectivity index (χ1) is 9.06. The van der Waals surface area contributed by atoms with Gasteiger partial charge in [-0.3, -0.25) is 4.79 Å². The third-order valence-electron chi connectivity index (χ3n) is 3.12. The first kappa shape index (κ1) is 14.0. The van der Waals surface area contributed by atoms with Crippen molar-refractivity contribution in [2.45, 2.75) is 50.6 Å². The van der Waals surface area contributed by atoms with Gasteiger partial charge >= 0.3 is 5.97 Å². The molecule has 1 fully saturated rings. The molecule has 2 heterocycles. The molecule has 0 bridgehead atoms. The van der Waals surface area contributed by atoms with E-state index >= 15 is 0 Å². The highest BCUT2D eigenvalue weighted by Crippen LogP contribution is 2.26. The zero-order valence-electron chi connectivity index (χ0n) is 10.8. The molecular weight excluding hydrogens is 248 g/mol. The molecule has 5 nitrogen and oxygen atoms in total. The molecule has 0 aromatic carbocycles. The van der Waals surface area contributed by atoms with Gasteiger partial charge in [-0.05, 0) is 25.8 Å². The molecule has 0 saturated carbocycles. The number of carbonyl (C=O) groups is 2. The van der Waals surface area contributed by atoms with E-state index < -0.39 is 12.1 Å². The normalized spacial score (nSPS) is 39.7. The van der Waals surface area contributed by atoms with E-state index in [1.807, 2.05) is 0 Å². The minimum atomic E-state index is -0.884. The highest BCUT2D eigenvalue weighted by atomic mass is 16.6. The average Bonchev–Trinajstić information content (AvgIpc) is 3.12. The van der Waals surface area contributed by atoms with Gasteiger partial charge in [-0.1, -0.05) is 12.2 Å². The van der Waals surface area contributed by atoms with E-state index in [0.29, 0.717) is 19.3 Å². The summed E-state index contributed by atoms with van der Waals surface area (Å²) in [5.41, 5.74) is 0. The minimum absolute atomic E-state index is 0.0651. The van der Waals surface area contributed by atoms with Crippen LogP contribution < -0.4 is 0 Å². The van der Waals surface area contributed by atoms with Crippen molar-refractivity contribution in [2.75, 3.05) is 0 Å². The van der Waals surface area contributed by atoms with E-state index in [9.17, 15) is 14.7 Å². The van der Waals surface area contributed by atoms with Gasteiger partial charge in [0.1, 0.15) is 12.2 Å². The van der Waals surface area contributed by atoms with Crippen LogP contribution in [0.2, 0.25) is 0 Å². The average molecular weight is 266 g/mol. The lowest BCUT2D eigenvalue weighted by molar-refractivity contribution is -0.142. The number of aliphatic hydroxyl groups excluding tert-OH is 1. The van der Waals surface area contributed by atoms with E-state index in [-0.39, 0.29) is 24.1 Å². The predicted octanol–water partition coefficient (Wildman–Crippen LogP) is 0.912. The summed E-state index contributed by atoms with van der Waals surface area (Å²) < 4.78 is 10.3. The largest absolute Gasteiger partial charge is 0.460 e. The number of aliphatic hydroxyl groups is 1. The number of carbonyl (C=O) groups excluding carboxylic acids is 2. The van der Waals surface area contributed by atoms with Crippen LogP contribution in [0.15, 0.2) is 24.3 Å². The van der Waals surface area contributed by atoms with Gasteiger partial charge in [0.25, 0.3) is 0 Å². The summed E-state index contributed by atoms with van der Waals surface area (Å²) >= 11 is 0. The van der Waals surface area contributed by atoms with Crippen molar-refractivity contribution in [1.82, 2.24) is 0 Å². The van der Waals surface area contributed by atoms with Crippen LogP contribution in [0.5, 0.6) is 0 Å². The molecule has 104 valence electrons. The lowest BCUT2D eigenvalue weighted by Gasteiger charge is -2.11. The second kappa shape index (κ2) is 6.12. The van der Waals surface area contributed by atoms with Crippen molar-refractivity contribution < 1.29 is 24.2 Å². The maximum absolute atomic E-state index is 11.7. The molecule has 0 aromatic rings. The number of hydrogen-bond acceptors (Lipinski definition) is 5. The van der Waals surface area contributed by atoms with Crippen molar-refractivity contribution in [2.24, 2.45) is 0 Å². The van der Waals surface area contributed by atoms with Gasteiger partial charge in [0.05, 0.1) is 12.2 Å². The third kappa shape index (κ3) is 4.29. The molecule has 0 aliphatic carbocycles. The van der Waals surface area contributed by atoms with E-state index in [1.165, 1.54) is 18.2 Å². The fourth-order valence-corrected chi connectivity index (χ4v) is 2.00. The Kier molecular flexibility index (Phi) is 4.50. The number of rotatable bonds is 0. The van der Waals surface area contributed by atoms with Gasteiger partial charge in [-0.15, -0.1) is 0 Å². The molecule has 1 N–H and O–H groups in total. The van der Waals surface area contributed by atoms with Crippen molar-refractivity contribution in [3.63, 3.8) is 0 Å². The van der Waals surface area contributed by atoms with Gasteiger partial charge in [-0.25, -0.2) is 4.79 Å². The van der Waals surface area contributed by atoms with Crippen molar-refractivity contribution in [1.29, 1.82) is 0 Å². The SMILES string of the molecule is CC1CCCC(=O)C2OC2/C=C\C(O)/C=C\C(=O)O1. The highest BCUT2D eigenvalue weighted by Gasteiger charge is 2.42. The molecule has 2 rings (SSSR count). The Hall–Kier alpha value is -1.46. The molecular formula is C14H18O5. The number of Topliss-reactive ketones (excluding diaryl/α,β-unsaturated/α-hetero) is 1. The number of hydrogen-bond donors (Lipinski definition) is 1. The van der Waals surface area contributed by atoms with E-state index in [1.54, 1.807) is 13.0 Å². The number of fused-ring (bicyclic) bond motifs is 1. The lowest BCUT2D eigenvalue weighted by Crippen LogP contribution is -2.15. The van der Waals surface area contributed by atoms with Gasteiger partial charge in [0.15, 0.2) is 5.78 Å². The Balaban J connectivity index is 2.01. The Morgan fingerprint density at radius 3 is 2.84 bits per heavy atom. The summed E-state index contributed by atoms with van der Waals surface area (Å²) in [6.07, 6.45) is 5.73.